The van der Waals surface area contributed by atoms with E-state index < -0.39 is 0 Å². The summed E-state index contributed by atoms with van der Waals surface area (Å²) < 4.78 is 0. The Morgan fingerprint density at radius 3 is 2.71 bits per heavy atom. The normalized spacial score (nSPS) is 21.4. The second kappa shape index (κ2) is 6.17. The van der Waals surface area contributed by atoms with Crippen LogP contribution in [-0.4, -0.2) is 22.0 Å². The molecule has 1 aliphatic rings. The van der Waals surface area contributed by atoms with Crippen molar-refractivity contribution < 1.29 is 5.21 Å². The van der Waals surface area contributed by atoms with Gasteiger partial charge in [-0.05, 0) is 30.9 Å². The highest BCUT2D eigenvalue weighted by molar-refractivity contribution is 8.00. The first-order chi connectivity index (χ1) is 6.77. The molecule has 0 saturated heterocycles. The Labute approximate surface area is 90.1 Å². The average molecular weight is 216 g/mol. The monoisotopic (exact) mass is 216 g/mol. The Hall–Kier alpha value is -0.380. The third kappa shape index (κ3) is 3.40. The predicted molar refractivity (Wildman–Crippen MR) is 61.9 cm³/mol. The maximum Gasteiger partial charge on any atom is 0.152 e. The first kappa shape index (κ1) is 11.7. The van der Waals surface area contributed by atoms with Crippen molar-refractivity contribution in [3.05, 3.63) is 0 Å². The molecule has 0 aromatic rings. The van der Waals surface area contributed by atoms with Crippen molar-refractivity contribution in [3.8, 4) is 0 Å². The van der Waals surface area contributed by atoms with Crippen LogP contribution in [0, 0.1) is 5.92 Å². The van der Waals surface area contributed by atoms with E-state index in [-0.39, 0.29) is 5.25 Å². The molecule has 0 amide bonds. The molecule has 0 radical (unpaired) electrons. The summed E-state index contributed by atoms with van der Waals surface area (Å²) >= 11 is 1.84. The lowest BCUT2D eigenvalue weighted by Gasteiger charge is -2.15. The van der Waals surface area contributed by atoms with Crippen molar-refractivity contribution in [1.82, 2.24) is 0 Å². The summed E-state index contributed by atoms with van der Waals surface area (Å²) in [4.78, 5) is 0. The fourth-order valence-electron chi connectivity index (χ4n) is 1.91. The van der Waals surface area contributed by atoms with Gasteiger partial charge in [-0.1, -0.05) is 24.9 Å². The number of rotatable bonds is 5. The van der Waals surface area contributed by atoms with Crippen LogP contribution in [0.5, 0.6) is 0 Å². The zero-order valence-electron chi connectivity index (χ0n) is 8.78. The van der Waals surface area contributed by atoms with Gasteiger partial charge in [-0.25, -0.2) is 0 Å². The van der Waals surface area contributed by atoms with Crippen LogP contribution in [0.1, 0.15) is 39.0 Å². The molecule has 4 heteroatoms. The summed E-state index contributed by atoms with van der Waals surface area (Å²) in [6.45, 7) is 2.07. The number of oxime groups is 1. The van der Waals surface area contributed by atoms with Crippen LogP contribution in [0.2, 0.25) is 0 Å². The number of thioether (sulfide) groups is 1. The lowest BCUT2D eigenvalue weighted by Crippen LogP contribution is -2.26. The van der Waals surface area contributed by atoms with Gasteiger partial charge in [-0.2, -0.15) is 11.8 Å². The Balaban J connectivity index is 2.26. The number of hydrogen-bond donors (Lipinski definition) is 2. The number of amidine groups is 1. The second-order valence-electron chi connectivity index (χ2n) is 3.91. The van der Waals surface area contributed by atoms with Gasteiger partial charge >= 0.3 is 0 Å². The zero-order chi connectivity index (χ0) is 10.4. The molecule has 14 heavy (non-hydrogen) atoms. The average Bonchev–Trinajstić information content (AvgIpc) is 2.71. The van der Waals surface area contributed by atoms with Gasteiger partial charge < -0.3 is 10.9 Å². The second-order valence-corrected chi connectivity index (χ2v) is 5.14. The standard InChI is InChI=1S/C10H20N2OS/c1-2-9(10(11)12-13)14-7-8-5-3-4-6-8/h8-9,13H,2-7H2,1H3,(H2,11,12). The molecule has 1 rings (SSSR count). The molecule has 0 spiro atoms. The first-order valence-electron chi connectivity index (χ1n) is 5.37. The van der Waals surface area contributed by atoms with E-state index in [9.17, 15) is 0 Å². The number of nitrogens with zero attached hydrogens (tertiary/aromatic N) is 1. The van der Waals surface area contributed by atoms with E-state index in [0.29, 0.717) is 5.84 Å². The molecule has 1 atom stereocenters. The van der Waals surface area contributed by atoms with Crippen LogP contribution in [-0.2, 0) is 0 Å². The van der Waals surface area contributed by atoms with Crippen molar-refractivity contribution in [2.75, 3.05) is 5.75 Å². The molecule has 1 aliphatic carbocycles. The van der Waals surface area contributed by atoms with Gasteiger partial charge in [0.2, 0.25) is 0 Å². The highest BCUT2D eigenvalue weighted by Gasteiger charge is 2.18. The van der Waals surface area contributed by atoms with Crippen molar-refractivity contribution in [2.24, 2.45) is 16.8 Å². The Kier molecular flexibility index (Phi) is 5.15. The third-order valence-electron chi connectivity index (χ3n) is 2.82. The molecule has 0 heterocycles. The summed E-state index contributed by atoms with van der Waals surface area (Å²) in [5.74, 6) is 2.39. The fraction of sp³-hybridized carbons (Fsp3) is 0.900. The summed E-state index contributed by atoms with van der Waals surface area (Å²) in [7, 11) is 0. The van der Waals surface area contributed by atoms with Crippen LogP contribution < -0.4 is 5.73 Å². The minimum absolute atomic E-state index is 0.195. The summed E-state index contributed by atoms with van der Waals surface area (Å²) in [5, 5.41) is 11.9. The molecule has 0 bridgehead atoms. The Bertz CT molecular complexity index is 191. The molecule has 1 unspecified atom stereocenters. The van der Waals surface area contributed by atoms with E-state index in [4.69, 9.17) is 10.9 Å². The zero-order valence-corrected chi connectivity index (χ0v) is 9.59. The molecule has 82 valence electrons. The molecule has 0 aromatic heterocycles. The molecule has 0 aromatic carbocycles. The summed E-state index contributed by atoms with van der Waals surface area (Å²) in [5.41, 5.74) is 5.59. The van der Waals surface area contributed by atoms with Crippen LogP contribution >= 0.6 is 11.8 Å². The van der Waals surface area contributed by atoms with Gasteiger partial charge in [0.05, 0.1) is 5.25 Å². The van der Waals surface area contributed by atoms with Crippen molar-refractivity contribution in [3.63, 3.8) is 0 Å². The molecular weight excluding hydrogens is 196 g/mol. The molecule has 3 nitrogen and oxygen atoms in total. The van der Waals surface area contributed by atoms with Crippen LogP contribution in [0.3, 0.4) is 0 Å². The van der Waals surface area contributed by atoms with E-state index in [1.54, 1.807) is 0 Å². The molecule has 0 aliphatic heterocycles. The van der Waals surface area contributed by atoms with Crippen molar-refractivity contribution in [2.45, 2.75) is 44.3 Å². The largest absolute Gasteiger partial charge is 0.409 e. The highest BCUT2D eigenvalue weighted by Crippen LogP contribution is 2.29. The maximum atomic E-state index is 8.58. The molecule has 1 fully saturated rings. The highest BCUT2D eigenvalue weighted by atomic mass is 32.2. The van der Waals surface area contributed by atoms with Crippen LogP contribution in [0.25, 0.3) is 0 Å². The van der Waals surface area contributed by atoms with Crippen molar-refractivity contribution >= 4 is 17.6 Å². The molecule has 1 saturated carbocycles. The minimum Gasteiger partial charge on any atom is -0.409 e. The Morgan fingerprint density at radius 1 is 1.57 bits per heavy atom. The molecule has 3 N–H and O–H groups in total. The van der Waals surface area contributed by atoms with Crippen LogP contribution in [0.15, 0.2) is 5.16 Å². The predicted octanol–water partition coefficient (Wildman–Crippen LogP) is 2.43. The summed E-state index contributed by atoms with van der Waals surface area (Å²) in [6, 6.07) is 0. The van der Waals surface area contributed by atoms with Gasteiger partial charge in [0.15, 0.2) is 5.84 Å². The maximum absolute atomic E-state index is 8.58. The van der Waals surface area contributed by atoms with Crippen LogP contribution in [0.4, 0.5) is 0 Å². The van der Waals surface area contributed by atoms with E-state index in [1.807, 2.05) is 11.8 Å². The number of hydrogen-bond acceptors (Lipinski definition) is 3. The quantitative estimate of drug-likeness (QED) is 0.321. The van der Waals surface area contributed by atoms with E-state index >= 15 is 0 Å². The fourth-order valence-corrected chi connectivity index (χ4v) is 3.20. The van der Waals surface area contributed by atoms with Gasteiger partial charge in [-0.3, -0.25) is 0 Å². The third-order valence-corrected chi connectivity index (χ3v) is 4.47. The summed E-state index contributed by atoms with van der Waals surface area (Å²) in [6.07, 6.45) is 6.42. The lowest BCUT2D eigenvalue weighted by molar-refractivity contribution is 0.317. The lowest BCUT2D eigenvalue weighted by atomic mass is 10.1. The minimum atomic E-state index is 0.195. The Morgan fingerprint density at radius 2 is 2.21 bits per heavy atom. The SMILES string of the molecule is CCC(SCC1CCCC1)C(N)=NO. The van der Waals surface area contributed by atoms with Gasteiger partial charge in [0.25, 0.3) is 0 Å². The van der Waals surface area contributed by atoms with E-state index in [2.05, 4.69) is 12.1 Å². The smallest absolute Gasteiger partial charge is 0.152 e. The topological polar surface area (TPSA) is 58.6 Å². The van der Waals surface area contributed by atoms with E-state index in [0.717, 1.165) is 18.1 Å². The number of nitrogens with two attached hydrogens (primary N) is 1. The first-order valence-corrected chi connectivity index (χ1v) is 6.41. The van der Waals surface area contributed by atoms with Gasteiger partial charge in [-0.15, -0.1) is 0 Å². The van der Waals surface area contributed by atoms with E-state index in [1.165, 1.54) is 25.7 Å². The van der Waals surface area contributed by atoms with Gasteiger partial charge in [0, 0.05) is 0 Å². The molecular formula is C10H20N2OS. The van der Waals surface area contributed by atoms with Gasteiger partial charge in [0.1, 0.15) is 0 Å². The van der Waals surface area contributed by atoms with Crippen molar-refractivity contribution in [1.29, 1.82) is 0 Å².